The van der Waals surface area contributed by atoms with Gasteiger partial charge in [-0.3, -0.25) is 0 Å². The van der Waals surface area contributed by atoms with Crippen LogP contribution in [0.25, 0.3) is 0 Å². The van der Waals surface area contributed by atoms with E-state index in [9.17, 15) is 13.2 Å². The maximum Gasteiger partial charge on any atom is 0.416 e. The van der Waals surface area contributed by atoms with Crippen molar-refractivity contribution in [3.05, 3.63) is 53.6 Å². The van der Waals surface area contributed by atoms with Gasteiger partial charge in [0, 0.05) is 0 Å². The maximum atomic E-state index is 12.5. The van der Waals surface area contributed by atoms with E-state index < -0.39 is 11.7 Å². The number of aliphatic imine (C=N–C) groups is 1. The minimum Gasteiger partial charge on any atom is -0.493 e. The van der Waals surface area contributed by atoms with E-state index in [2.05, 4.69) is 10.3 Å². The number of guanidine groups is 1. The van der Waals surface area contributed by atoms with Crippen molar-refractivity contribution in [1.29, 1.82) is 0 Å². The van der Waals surface area contributed by atoms with Crippen LogP contribution in [0, 0.1) is 0 Å². The predicted octanol–water partition coefficient (Wildman–Crippen LogP) is 3.82. The van der Waals surface area contributed by atoms with Gasteiger partial charge in [-0.05, 0) is 42.0 Å². The molecule has 0 heterocycles. The highest BCUT2D eigenvalue weighted by molar-refractivity contribution is 14.0. The van der Waals surface area contributed by atoms with E-state index in [0.717, 1.165) is 17.7 Å². The maximum absolute atomic E-state index is 12.5. The lowest BCUT2D eigenvalue weighted by Gasteiger charge is -2.10. The van der Waals surface area contributed by atoms with Crippen LogP contribution in [0.1, 0.15) is 11.1 Å². The molecule has 2 aromatic carbocycles. The second-order valence-electron chi connectivity index (χ2n) is 5.69. The Bertz CT molecular complexity index is 800. The Balaban J connectivity index is 0.00000420. The lowest BCUT2D eigenvalue weighted by atomic mass is 10.2. The van der Waals surface area contributed by atoms with Crippen LogP contribution in [0.4, 0.5) is 13.2 Å². The van der Waals surface area contributed by atoms with Crippen molar-refractivity contribution in [2.45, 2.75) is 12.7 Å². The minimum absolute atomic E-state index is 0. The summed E-state index contributed by atoms with van der Waals surface area (Å²) in [7, 11) is 3.11. The number of rotatable bonds is 8. The van der Waals surface area contributed by atoms with Crippen molar-refractivity contribution in [2.75, 3.05) is 27.4 Å². The average molecular weight is 525 g/mol. The molecule has 10 heteroatoms. The van der Waals surface area contributed by atoms with Gasteiger partial charge in [-0.15, -0.1) is 24.0 Å². The number of alkyl halides is 3. The van der Waals surface area contributed by atoms with Gasteiger partial charge in [-0.2, -0.15) is 13.2 Å². The molecule has 0 amide bonds. The zero-order chi connectivity index (χ0) is 20.6. The van der Waals surface area contributed by atoms with Crippen LogP contribution in [-0.4, -0.2) is 33.3 Å². The summed E-state index contributed by atoms with van der Waals surface area (Å²) in [6, 6.07) is 9.94. The molecule has 3 N–H and O–H groups in total. The third kappa shape index (κ3) is 7.87. The molecule has 2 aromatic rings. The number of hydrogen-bond donors (Lipinski definition) is 2. The quantitative estimate of drug-likeness (QED) is 0.237. The van der Waals surface area contributed by atoms with E-state index in [1.165, 1.54) is 12.1 Å². The van der Waals surface area contributed by atoms with Crippen LogP contribution in [0.15, 0.2) is 47.5 Å². The van der Waals surface area contributed by atoms with Crippen molar-refractivity contribution in [3.8, 4) is 17.2 Å². The number of benzene rings is 2. The molecule has 160 valence electrons. The zero-order valence-corrected chi connectivity index (χ0v) is 18.3. The first kappa shape index (κ1) is 24.7. The summed E-state index contributed by atoms with van der Waals surface area (Å²) >= 11 is 0. The number of ether oxygens (including phenoxy) is 3. The standard InChI is InChI=1S/C19H22F3N3O3.HI/c1-26-16-8-3-13(11-17(16)27-2)12-25-18(23)24-9-10-28-15-6-4-14(5-7-15)19(20,21)22;/h3-8,11H,9-10,12H2,1-2H3,(H3,23,24,25);1H. The third-order valence-corrected chi connectivity index (χ3v) is 3.74. The van der Waals surface area contributed by atoms with Gasteiger partial charge >= 0.3 is 6.18 Å². The lowest BCUT2D eigenvalue weighted by molar-refractivity contribution is -0.137. The summed E-state index contributed by atoms with van der Waals surface area (Å²) in [5.74, 6) is 1.80. The number of nitrogens with two attached hydrogens (primary N) is 1. The van der Waals surface area contributed by atoms with Gasteiger partial charge in [0.05, 0.1) is 32.9 Å². The fourth-order valence-corrected chi connectivity index (χ4v) is 2.30. The van der Waals surface area contributed by atoms with E-state index in [4.69, 9.17) is 19.9 Å². The molecule has 2 rings (SSSR count). The number of hydrogen-bond acceptors (Lipinski definition) is 4. The number of nitrogens with zero attached hydrogens (tertiary/aromatic N) is 1. The Kier molecular flexibility index (Phi) is 9.86. The summed E-state index contributed by atoms with van der Waals surface area (Å²) in [4.78, 5) is 4.21. The smallest absolute Gasteiger partial charge is 0.416 e. The van der Waals surface area contributed by atoms with Gasteiger partial charge in [0.25, 0.3) is 0 Å². The molecule has 0 unspecified atom stereocenters. The first-order valence-corrected chi connectivity index (χ1v) is 8.38. The zero-order valence-electron chi connectivity index (χ0n) is 16.0. The van der Waals surface area contributed by atoms with Crippen LogP contribution in [0.3, 0.4) is 0 Å². The second kappa shape index (κ2) is 11.6. The van der Waals surface area contributed by atoms with Crippen LogP contribution >= 0.6 is 24.0 Å². The largest absolute Gasteiger partial charge is 0.493 e. The highest BCUT2D eigenvalue weighted by Crippen LogP contribution is 2.30. The van der Waals surface area contributed by atoms with Crippen molar-refractivity contribution >= 4 is 29.9 Å². The minimum atomic E-state index is -4.36. The molecule has 0 radical (unpaired) electrons. The Hall–Kier alpha value is -2.37. The van der Waals surface area contributed by atoms with Crippen LogP contribution < -0.4 is 25.3 Å². The van der Waals surface area contributed by atoms with Crippen molar-refractivity contribution in [1.82, 2.24) is 5.32 Å². The van der Waals surface area contributed by atoms with Crippen molar-refractivity contribution in [3.63, 3.8) is 0 Å². The van der Waals surface area contributed by atoms with Gasteiger partial charge in [0.15, 0.2) is 17.5 Å². The van der Waals surface area contributed by atoms with Gasteiger partial charge < -0.3 is 25.3 Å². The Morgan fingerprint density at radius 1 is 1.03 bits per heavy atom. The Morgan fingerprint density at radius 2 is 1.69 bits per heavy atom. The third-order valence-electron chi connectivity index (χ3n) is 3.74. The summed E-state index contributed by atoms with van der Waals surface area (Å²) in [5.41, 5.74) is 5.97. The van der Waals surface area contributed by atoms with Crippen LogP contribution in [-0.2, 0) is 12.7 Å². The van der Waals surface area contributed by atoms with E-state index >= 15 is 0 Å². The van der Waals surface area contributed by atoms with E-state index in [1.807, 2.05) is 12.1 Å². The molecule has 6 nitrogen and oxygen atoms in total. The van der Waals surface area contributed by atoms with Gasteiger partial charge in [0.2, 0.25) is 0 Å². The molecule has 0 atom stereocenters. The summed E-state index contributed by atoms with van der Waals surface area (Å²) < 4.78 is 53.3. The van der Waals surface area contributed by atoms with E-state index in [-0.39, 0.29) is 36.5 Å². The summed E-state index contributed by atoms with van der Waals surface area (Å²) in [6.45, 7) is 0.916. The molecule has 29 heavy (non-hydrogen) atoms. The van der Waals surface area contributed by atoms with E-state index in [1.54, 1.807) is 20.3 Å². The first-order chi connectivity index (χ1) is 13.3. The van der Waals surface area contributed by atoms with E-state index in [0.29, 0.717) is 30.3 Å². The molecule has 0 fully saturated rings. The molecule has 0 aromatic heterocycles. The fraction of sp³-hybridized carbons (Fsp3) is 0.316. The van der Waals surface area contributed by atoms with Crippen molar-refractivity contribution < 1.29 is 27.4 Å². The summed E-state index contributed by atoms with van der Waals surface area (Å²) in [6.07, 6.45) is -4.36. The van der Waals surface area contributed by atoms with Gasteiger partial charge in [-0.1, -0.05) is 6.07 Å². The Labute approximate surface area is 184 Å². The molecular formula is C19H23F3IN3O3. The molecule has 0 saturated carbocycles. The fourth-order valence-electron chi connectivity index (χ4n) is 2.30. The average Bonchev–Trinajstić information content (AvgIpc) is 2.69. The van der Waals surface area contributed by atoms with Gasteiger partial charge in [0.1, 0.15) is 12.4 Å². The molecule has 0 aliphatic rings. The highest BCUT2D eigenvalue weighted by atomic mass is 127. The molecule has 0 aliphatic carbocycles. The van der Waals surface area contributed by atoms with Crippen LogP contribution in [0.5, 0.6) is 17.2 Å². The Morgan fingerprint density at radius 3 is 2.28 bits per heavy atom. The second-order valence-corrected chi connectivity index (χ2v) is 5.69. The SMILES string of the molecule is COc1ccc(CN=C(N)NCCOc2ccc(C(F)(F)F)cc2)cc1OC.I. The lowest BCUT2D eigenvalue weighted by Crippen LogP contribution is -2.34. The normalized spacial score (nSPS) is 11.4. The molecule has 0 bridgehead atoms. The number of halogens is 4. The van der Waals surface area contributed by atoms with Gasteiger partial charge in [-0.25, -0.2) is 4.99 Å². The molecular weight excluding hydrogens is 502 g/mol. The first-order valence-electron chi connectivity index (χ1n) is 8.38. The highest BCUT2D eigenvalue weighted by Gasteiger charge is 2.29. The topological polar surface area (TPSA) is 78.1 Å². The molecule has 0 aliphatic heterocycles. The number of nitrogens with one attached hydrogen (secondary N) is 1. The molecule has 0 saturated heterocycles. The molecule has 0 spiro atoms. The van der Waals surface area contributed by atoms with Crippen molar-refractivity contribution in [2.24, 2.45) is 10.7 Å². The monoisotopic (exact) mass is 525 g/mol. The predicted molar refractivity (Wildman–Crippen MR) is 115 cm³/mol. The van der Waals surface area contributed by atoms with Crippen LogP contribution in [0.2, 0.25) is 0 Å². The summed E-state index contributed by atoms with van der Waals surface area (Å²) in [5, 5.41) is 2.88. The number of methoxy groups -OCH3 is 2.